The molecule has 9 aromatic rings. The molecular formula is C60H49N3. The quantitative estimate of drug-likeness (QED) is 0.115. The molecule has 0 N–H and O–H groups in total. The van der Waals surface area contributed by atoms with E-state index in [0.717, 1.165) is 67.2 Å². The zero-order valence-electron chi connectivity index (χ0n) is 36.0. The highest BCUT2D eigenvalue weighted by Gasteiger charge is 2.20. The molecule has 0 unspecified atom stereocenters. The second kappa shape index (κ2) is 18.3. The van der Waals surface area contributed by atoms with Gasteiger partial charge in [0.05, 0.1) is 11.0 Å². The molecule has 0 aliphatic carbocycles. The predicted molar refractivity (Wildman–Crippen MR) is 271 cm³/mol. The average Bonchev–Trinajstić information content (AvgIpc) is 3.68. The lowest BCUT2D eigenvalue weighted by molar-refractivity contribution is 1.15. The highest BCUT2D eigenvalue weighted by atomic mass is 15.1. The lowest BCUT2D eigenvalue weighted by Gasteiger charge is -2.26. The molecule has 0 amide bonds. The Morgan fingerprint density at radius 2 is 1.10 bits per heavy atom. The molecule has 0 aliphatic heterocycles. The molecule has 3 nitrogen and oxygen atoms in total. The van der Waals surface area contributed by atoms with Gasteiger partial charge in [0.2, 0.25) is 0 Å². The highest BCUT2D eigenvalue weighted by molar-refractivity contribution is 6.16. The summed E-state index contributed by atoms with van der Waals surface area (Å²) in [5.41, 5.74) is 18.0. The molecule has 2 aromatic heterocycles. The van der Waals surface area contributed by atoms with Gasteiger partial charge in [0.1, 0.15) is 0 Å². The molecule has 304 valence electrons. The van der Waals surface area contributed by atoms with E-state index in [1.807, 2.05) is 37.5 Å². The van der Waals surface area contributed by atoms with E-state index < -0.39 is 0 Å². The maximum Gasteiger partial charge on any atom is 0.0616 e. The van der Waals surface area contributed by atoms with E-state index in [9.17, 15) is 0 Å². The lowest BCUT2D eigenvalue weighted by atomic mass is 9.95. The fraction of sp³-hybridized carbons (Fsp3) is 0.0500. The largest absolute Gasteiger partial charge is 0.315 e. The van der Waals surface area contributed by atoms with E-state index in [0.29, 0.717) is 0 Å². The number of allylic oxidation sites excluding steroid dienone is 9. The van der Waals surface area contributed by atoms with Crippen molar-refractivity contribution >= 4 is 44.5 Å². The number of aromatic nitrogens is 2. The first kappa shape index (κ1) is 40.4. The van der Waals surface area contributed by atoms with E-state index in [1.54, 1.807) is 0 Å². The predicted octanol–water partition coefficient (Wildman–Crippen LogP) is 16.6. The minimum atomic E-state index is 0.962. The van der Waals surface area contributed by atoms with Crippen LogP contribution in [0.1, 0.15) is 26.3 Å². The maximum atomic E-state index is 4.53. The molecule has 0 atom stereocenters. The number of nitrogens with zero attached hydrogens (tertiary/aromatic N) is 3. The molecule has 9 rings (SSSR count). The van der Waals surface area contributed by atoms with Crippen molar-refractivity contribution in [3.63, 3.8) is 0 Å². The van der Waals surface area contributed by atoms with Crippen LogP contribution in [0.2, 0.25) is 0 Å². The third-order valence-corrected chi connectivity index (χ3v) is 11.6. The fourth-order valence-corrected chi connectivity index (χ4v) is 8.44. The summed E-state index contributed by atoms with van der Waals surface area (Å²) in [5.74, 6) is 0. The van der Waals surface area contributed by atoms with Crippen molar-refractivity contribution < 1.29 is 0 Å². The molecule has 0 saturated heterocycles. The van der Waals surface area contributed by atoms with Crippen LogP contribution in [-0.2, 0) is 0 Å². The number of anilines is 2. The summed E-state index contributed by atoms with van der Waals surface area (Å²) in [6.07, 6.45) is 16.5. The molecule has 3 heteroatoms. The van der Waals surface area contributed by atoms with Crippen LogP contribution in [0.15, 0.2) is 243 Å². The number of fused-ring (bicyclic) bond motifs is 3. The molecule has 2 heterocycles. The van der Waals surface area contributed by atoms with Crippen LogP contribution in [0.5, 0.6) is 0 Å². The Labute approximate surface area is 371 Å². The Kier molecular flexibility index (Phi) is 11.7. The summed E-state index contributed by atoms with van der Waals surface area (Å²) in [6, 6.07) is 65.1. The van der Waals surface area contributed by atoms with Gasteiger partial charge in [-0.3, -0.25) is 4.98 Å². The number of pyridine rings is 1. The van der Waals surface area contributed by atoms with Gasteiger partial charge in [0.25, 0.3) is 0 Å². The zero-order chi connectivity index (χ0) is 43.1. The Bertz CT molecular complexity index is 3070. The third kappa shape index (κ3) is 8.51. The highest BCUT2D eigenvalue weighted by Crippen LogP contribution is 2.42. The van der Waals surface area contributed by atoms with Gasteiger partial charge in [0, 0.05) is 51.5 Å². The SMILES string of the molecule is C=C(/C=C\C=C/C)c1cc(-c2ccccc2)c2c(c1)c1cc(-c3ccccc3)ccc1n2/C(C)=C/C=C(\C)N(c1ccc(-c2ccccc2)cc1)c1ccc(-c2cccnc2)cc1. The average molecular weight is 812 g/mol. The first-order chi connectivity index (χ1) is 31.0. The van der Waals surface area contributed by atoms with Gasteiger partial charge in [-0.05, 0) is 138 Å². The summed E-state index contributed by atoms with van der Waals surface area (Å²) in [5, 5.41) is 2.37. The summed E-state index contributed by atoms with van der Waals surface area (Å²) >= 11 is 0. The van der Waals surface area contributed by atoms with Gasteiger partial charge in [-0.25, -0.2) is 0 Å². The molecule has 0 bridgehead atoms. The number of hydrogen-bond donors (Lipinski definition) is 0. The second-order valence-corrected chi connectivity index (χ2v) is 15.8. The van der Waals surface area contributed by atoms with Crippen LogP contribution < -0.4 is 4.90 Å². The van der Waals surface area contributed by atoms with Crippen LogP contribution in [0.4, 0.5) is 11.4 Å². The van der Waals surface area contributed by atoms with E-state index in [4.69, 9.17) is 0 Å². The van der Waals surface area contributed by atoms with Crippen molar-refractivity contribution in [2.24, 2.45) is 0 Å². The van der Waals surface area contributed by atoms with Gasteiger partial charge >= 0.3 is 0 Å². The minimum Gasteiger partial charge on any atom is -0.315 e. The van der Waals surface area contributed by atoms with Crippen molar-refractivity contribution in [2.45, 2.75) is 20.8 Å². The Hall–Kier alpha value is -8.01. The summed E-state index contributed by atoms with van der Waals surface area (Å²) < 4.78 is 2.44. The topological polar surface area (TPSA) is 21.1 Å². The molecular weight excluding hydrogens is 763 g/mol. The molecule has 7 aromatic carbocycles. The minimum absolute atomic E-state index is 0.962. The first-order valence-corrected chi connectivity index (χ1v) is 21.5. The monoisotopic (exact) mass is 811 g/mol. The first-order valence-electron chi connectivity index (χ1n) is 21.5. The van der Waals surface area contributed by atoms with Crippen molar-refractivity contribution in [1.82, 2.24) is 9.55 Å². The summed E-state index contributed by atoms with van der Waals surface area (Å²) in [6.45, 7) is 11.0. The standard InChI is InChI=1S/C60H49N3/c1-5-6-10-18-43(2)53-40-56(50-23-15-9-16-24-50)60-58(41-53)57-39-51(47-21-13-8-14-22-47)32-37-59(57)63(60)45(4)27-26-44(3)62(54-33-28-48(29-34-54)46-19-11-7-12-20-46)55-35-30-49(31-36-55)52-25-17-38-61-42-52/h5-42H,2H2,1,3-4H3/b6-5-,18-10-,44-26+,45-27+. The molecule has 0 fully saturated rings. The van der Waals surface area contributed by atoms with Gasteiger partial charge < -0.3 is 9.47 Å². The van der Waals surface area contributed by atoms with Crippen molar-refractivity contribution in [2.75, 3.05) is 4.90 Å². The summed E-state index contributed by atoms with van der Waals surface area (Å²) in [7, 11) is 0. The second-order valence-electron chi connectivity index (χ2n) is 15.8. The Morgan fingerprint density at radius 1 is 0.540 bits per heavy atom. The lowest BCUT2D eigenvalue weighted by Crippen LogP contribution is -2.14. The van der Waals surface area contributed by atoms with Gasteiger partial charge in [-0.15, -0.1) is 0 Å². The molecule has 0 aliphatic rings. The van der Waals surface area contributed by atoms with Crippen LogP contribution in [0.25, 0.3) is 77.6 Å². The van der Waals surface area contributed by atoms with Gasteiger partial charge in [-0.1, -0.05) is 158 Å². The van der Waals surface area contributed by atoms with Crippen LogP contribution in [-0.4, -0.2) is 9.55 Å². The number of hydrogen-bond acceptors (Lipinski definition) is 2. The van der Waals surface area contributed by atoms with E-state index >= 15 is 0 Å². The van der Waals surface area contributed by atoms with Crippen molar-refractivity contribution in [3.8, 4) is 44.5 Å². The molecule has 0 radical (unpaired) electrons. The number of benzene rings is 7. The van der Waals surface area contributed by atoms with E-state index in [-0.39, 0.29) is 0 Å². The van der Waals surface area contributed by atoms with E-state index in [1.165, 1.54) is 33.0 Å². The van der Waals surface area contributed by atoms with Crippen LogP contribution in [0.3, 0.4) is 0 Å². The molecule has 0 spiro atoms. The molecule has 0 saturated carbocycles. The Balaban J connectivity index is 1.21. The third-order valence-electron chi connectivity index (χ3n) is 11.6. The van der Waals surface area contributed by atoms with Gasteiger partial charge in [0.15, 0.2) is 0 Å². The maximum absolute atomic E-state index is 4.53. The molecule has 63 heavy (non-hydrogen) atoms. The van der Waals surface area contributed by atoms with Crippen LogP contribution >= 0.6 is 0 Å². The zero-order valence-corrected chi connectivity index (χ0v) is 36.0. The number of rotatable bonds is 12. The van der Waals surface area contributed by atoms with E-state index in [2.05, 4.69) is 235 Å². The van der Waals surface area contributed by atoms with Gasteiger partial charge in [-0.2, -0.15) is 0 Å². The fourth-order valence-electron chi connectivity index (χ4n) is 8.44. The van der Waals surface area contributed by atoms with Crippen molar-refractivity contribution in [1.29, 1.82) is 0 Å². The van der Waals surface area contributed by atoms with Crippen molar-refractivity contribution in [3.05, 3.63) is 249 Å². The van der Waals surface area contributed by atoms with Crippen LogP contribution in [0, 0.1) is 0 Å². The Morgan fingerprint density at radius 3 is 1.70 bits per heavy atom. The smallest absolute Gasteiger partial charge is 0.0616 e. The summed E-state index contributed by atoms with van der Waals surface area (Å²) in [4.78, 5) is 6.69. The normalized spacial score (nSPS) is 12.2.